The van der Waals surface area contributed by atoms with Gasteiger partial charge in [0.1, 0.15) is 0 Å². The summed E-state index contributed by atoms with van der Waals surface area (Å²) in [5, 5.41) is 2.94. The van der Waals surface area contributed by atoms with Gasteiger partial charge in [0.05, 0.1) is 18.2 Å². The third kappa shape index (κ3) is 4.96. The minimum Gasteiger partial charge on any atom is -0.463 e. The molecule has 2 atom stereocenters. The van der Waals surface area contributed by atoms with Crippen molar-refractivity contribution < 1.29 is 19.1 Å². The van der Waals surface area contributed by atoms with Crippen molar-refractivity contribution in [3.8, 4) is 0 Å². The zero-order chi connectivity index (χ0) is 23.4. The molecule has 1 fully saturated rings. The number of hydrogen-bond acceptors (Lipinski definition) is 5. The highest BCUT2D eigenvalue weighted by atomic mass is 16.5. The van der Waals surface area contributed by atoms with Crippen LogP contribution in [-0.4, -0.2) is 78.5 Å². The SMILES string of the molecule is CCOC(=O)C1=C(CN2CCN(C(=O)C(C)C)[C@@H](C)C2)N(C)C(=O)N[C@H]1c1ccccc1. The van der Waals surface area contributed by atoms with Crippen LogP contribution in [0.1, 0.15) is 39.3 Å². The predicted molar refractivity (Wildman–Crippen MR) is 122 cm³/mol. The van der Waals surface area contributed by atoms with E-state index < -0.39 is 12.0 Å². The molecular formula is C24H34N4O4. The van der Waals surface area contributed by atoms with Crippen LogP contribution in [0.25, 0.3) is 0 Å². The van der Waals surface area contributed by atoms with Crippen LogP contribution in [0.2, 0.25) is 0 Å². The Labute approximate surface area is 190 Å². The zero-order valence-corrected chi connectivity index (χ0v) is 19.6. The molecule has 2 heterocycles. The molecule has 0 aromatic heterocycles. The molecule has 2 aliphatic rings. The summed E-state index contributed by atoms with van der Waals surface area (Å²) >= 11 is 0. The van der Waals surface area contributed by atoms with Gasteiger partial charge in [0.2, 0.25) is 5.91 Å². The number of nitrogens with one attached hydrogen (secondary N) is 1. The van der Waals surface area contributed by atoms with Crippen molar-refractivity contribution in [2.24, 2.45) is 5.92 Å². The third-order valence-corrected chi connectivity index (χ3v) is 6.07. The Morgan fingerprint density at radius 3 is 2.47 bits per heavy atom. The van der Waals surface area contributed by atoms with Crippen molar-refractivity contribution >= 4 is 17.9 Å². The van der Waals surface area contributed by atoms with Crippen molar-refractivity contribution in [2.45, 2.75) is 39.8 Å². The number of hydrogen-bond donors (Lipinski definition) is 1. The van der Waals surface area contributed by atoms with Crippen molar-refractivity contribution in [2.75, 3.05) is 39.8 Å². The topological polar surface area (TPSA) is 82.2 Å². The summed E-state index contributed by atoms with van der Waals surface area (Å²) < 4.78 is 5.39. The first-order chi connectivity index (χ1) is 15.2. The summed E-state index contributed by atoms with van der Waals surface area (Å²) in [6.07, 6.45) is 0. The maximum atomic E-state index is 13.0. The Kier molecular flexibility index (Phi) is 7.56. The third-order valence-electron chi connectivity index (χ3n) is 6.07. The molecule has 0 spiro atoms. The number of benzene rings is 1. The highest BCUT2D eigenvalue weighted by Gasteiger charge is 2.38. The first kappa shape index (κ1) is 23.8. The van der Waals surface area contributed by atoms with E-state index in [9.17, 15) is 14.4 Å². The molecule has 0 aliphatic carbocycles. The number of esters is 1. The maximum absolute atomic E-state index is 13.0. The van der Waals surface area contributed by atoms with Crippen LogP contribution in [0, 0.1) is 5.92 Å². The first-order valence-corrected chi connectivity index (χ1v) is 11.3. The predicted octanol–water partition coefficient (Wildman–Crippen LogP) is 2.39. The van der Waals surface area contributed by atoms with E-state index >= 15 is 0 Å². The summed E-state index contributed by atoms with van der Waals surface area (Å²) in [5.74, 6) is -0.311. The summed E-state index contributed by atoms with van der Waals surface area (Å²) in [4.78, 5) is 43.9. The van der Waals surface area contributed by atoms with E-state index in [0.717, 1.165) is 5.56 Å². The molecule has 1 saturated heterocycles. The second-order valence-electron chi connectivity index (χ2n) is 8.70. The molecule has 32 heavy (non-hydrogen) atoms. The number of carbonyl (C=O) groups is 3. The van der Waals surface area contributed by atoms with Crippen LogP contribution in [-0.2, 0) is 14.3 Å². The lowest BCUT2D eigenvalue weighted by molar-refractivity contribution is -0.139. The number of likely N-dealkylation sites (N-methyl/N-ethyl adjacent to an activating group) is 1. The van der Waals surface area contributed by atoms with E-state index in [2.05, 4.69) is 10.2 Å². The fraction of sp³-hybridized carbons (Fsp3) is 0.542. The van der Waals surface area contributed by atoms with Crippen LogP contribution in [0.3, 0.4) is 0 Å². The Balaban J connectivity index is 1.92. The van der Waals surface area contributed by atoms with Crippen LogP contribution in [0.4, 0.5) is 4.79 Å². The number of urea groups is 1. The number of amides is 3. The highest BCUT2D eigenvalue weighted by Crippen LogP contribution is 2.31. The monoisotopic (exact) mass is 442 g/mol. The Bertz CT molecular complexity index is 883. The van der Waals surface area contributed by atoms with Crippen LogP contribution >= 0.6 is 0 Å². The van der Waals surface area contributed by atoms with Crippen LogP contribution in [0.5, 0.6) is 0 Å². The average molecular weight is 443 g/mol. The smallest absolute Gasteiger partial charge is 0.338 e. The Hall–Kier alpha value is -2.87. The van der Waals surface area contributed by atoms with Gasteiger partial charge in [-0.05, 0) is 19.4 Å². The second-order valence-corrected chi connectivity index (χ2v) is 8.70. The lowest BCUT2D eigenvalue weighted by atomic mass is 9.94. The quantitative estimate of drug-likeness (QED) is 0.684. The Morgan fingerprint density at radius 2 is 1.88 bits per heavy atom. The molecule has 0 bridgehead atoms. The van der Waals surface area contributed by atoms with Gasteiger partial charge in [-0.25, -0.2) is 9.59 Å². The van der Waals surface area contributed by atoms with Gasteiger partial charge in [-0.15, -0.1) is 0 Å². The van der Waals surface area contributed by atoms with Gasteiger partial charge >= 0.3 is 12.0 Å². The highest BCUT2D eigenvalue weighted by molar-refractivity contribution is 5.95. The molecule has 174 valence electrons. The molecule has 0 unspecified atom stereocenters. The van der Waals surface area contributed by atoms with Gasteiger partial charge in [0, 0.05) is 50.9 Å². The first-order valence-electron chi connectivity index (χ1n) is 11.3. The number of nitrogens with zero attached hydrogens (tertiary/aromatic N) is 3. The largest absolute Gasteiger partial charge is 0.463 e. The van der Waals surface area contributed by atoms with Gasteiger partial charge < -0.3 is 15.0 Å². The summed E-state index contributed by atoms with van der Waals surface area (Å²) in [5.41, 5.74) is 1.92. The van der Waals surface area contributed by atoms with E-state index in [1.165, 1.54) is 4.90 Å². The fourth-order valence-corrected chi connectivity index (χ4v) is 4.34. The van der Waals surface area contributed by atoms with Crippen molar-refractivity contribution in [3.05, 3.63) is 47.2 Å². The van der Waals surface area contributed by atoms with E-state index in [1.807, 2.05) is 56.0 Å². The van der Waals surface area contributed by atoms with Crippen molar-refractivity contribution in [1.29, 1.82) is 0 Å². The molecule has 8 nitrogen and oxygen atoms in total. The number of carbonyl (C=O) groups excluding carboxylic acids is 3. The van der Waals surface area contributed by atoms with E-state index in [0.29, 0.717) is 37.4 Å². The van der Waals surface area contributed by atoms with E-state index in [4.69, 9.17) is 4.74 Å². The number of piperazine rings is 1. The summed E-state index contributed by atoms with van der Waals surface area (Å²) in [6, 6.07) is 8.67. The fourth-order valence-electron chi connectivity index (χ4n) is 4.34. The summed E-state index contributed by atoms with van der Waals surface area (Å²) in [7, 11) is 1.67. The zero-order valence-electron chi connectivity index (χ0n) is 19.6. The lowest BCUT2D eigenvalue weighted by Gasteiger charge is -2.42. The molecule has 0 radical (unpaired) electrons. The molecule has 3 rings (SSSR count). The molecular weight excluding hydrogens is 408 g/mol. The normalized spacial score (nSPS) is 22.2. The standard InChI is InChI=1S/C24H34N4O4/c1-6-32-23(30)20-19(15-27-12-13-28(17(4)14-27)22(29)16(2)3)26(5)24(31)25-21(20)18-10-8-7-9-11-18/h7-11,16-17,21H,6,12-15H2,1-5H3,(H,25,31)/t17-,21-/m0/s1. The van der Waals surface area contributed by atoms with Crippen LogP contribution in [0.15, 0.2) is 41.6 Å². The number of ether oxygens (including phenoxy) is 1. The van der Waals surface area contributed by atoms with Gasteiger partial charge in [-0.3, -0.25) is 14.6 Å². The minimum atomic E-state index is -0.574. The van der Waals surface area contributed by atoms with Crippen LogP contribution < -0.4 is 5.32 Å². The molecule has 1 N–H and O–H groups in total. The van der Waals surface area contributed by atoms with Gasteiger partial charge in [0.25, 0.3) is 0 Å². The van der Waals surface area contributed by atoms with Gasteiger partial charge in [-0.1, -0.05) is 44.2 Å². The van der Waals surface area contributed by atoms with Crippen molar-refractivity contribution in [3.63, 3.8) is 0 Å². The summed E-state index contributed by atoms with van der Waals surface area (Å²) in [6.45, 7) is 10.3. The van der Waals surface area contributed by atoms with E-state index in [-0.39, 0.29) is 30.5 Å². The maximum Gasteiger partial charge on any atom is 0.338 e. The molecule has 8 heteroatoms. The minimum absolute atomic E-state index is 0.0399. The molecule has 2 aliphatic heterocycles. The molecule has 3 amide bonds. The van der Waals surface area contributed by atoms with Crippen molar-refractivity contribution in [1.82, 2.24) is 20.0 Å². The van der Waals surface area contributed by atoms with Gasteiger partial charge in [0.15, 0.2) is 0 Å². The lowest BCUT2D eigenvalue weighted by Crippen LogP contribution is -2.56. The Morgan fingerprint density at radius 1 is 1.19 bits per heavy atom. The molecule has 1 aromatic rings. The average Bonchev–Trinajstić information content (AvgIpc) is 2.77. The van der Waals surface area contributed by atoms with Gasteiger partial charge in [-0.2, -0.15) is 0 Å². The molecule has 1 aromatic carbocycles. The second kappa shape index (κ2) is 10.2. The van der Waals surface area contributed by atoms with E-state index in [1.54, 1.807) is 14.0 Å². The molecule has 0 saturated carbocycles. The number of rotatable bonds is 6.